The van der Waals surface area contributed by atoms with E-state index in [1.165, 1.54) is 4.88 Å². The number of carbonyl (C=O) groups is 2. The molecule has 112 valence electrons. The summed E-state index contributed by atoms with van der Waals surface area (Å²) in [6, 6.07) is 4.03. The van der Waals surface area contributed by atoms with Crippen molar-refractivity contribution in [3.05, 3.63) is 22.4 Å². The second kappa shape index (κ2) is 8.32. The molecule has 0 aliphatic carbocycles. The van der Waals surface area contributed by atoms with Gasteiger partial charge in [0, 0.05) is 17.2 Å². The van der Waals surface area contributed by atoms with Crippen LogP contribution < -0.4 is 5.32 Å². The molecule has 0 aliphatic heterocycles. The lowest BCUT2D eigenvalue weighted by Crippen LogP contribution is -2.42. The van der Waals surface area contributed by atoms with Crippen LogP contribution in [-0.2, 0) is 15.3 Å². The SMILES string of the molecule is CCC(CC)(CNC(=O)CSCc1cccs1)C(=O)O. The van der Waals surface area contributed by atoms with Gasteiger partial charge in [0.2, 0.25) is 5.91 Å². The summed E-state index contributed by atoms with van der Waals surface area (Å²) in [7, 11) is 0. The van der Waals surface area contributed by atoms with E-state index in [4.69, 9.17) is 0 Å². The average Bonchev–Trinajstić information content (AvgIpc) is 2.93. The van der Waals surface area contributed by atoms with Gasteiger partial charge in [0.1, 0.15) is 0 Å². The van der Waals surface area contributed by atoms with Crippen LogP contribution in [0.5, 0.6) is 0 Å². The smallest absolute Gasteiger partial charge is 0.311 e. The normalized spacial score (nSPS) is 11.3. The predicted octanol–water partition coefficient (Wildman–Crippen LogP) is 2.99. The number of hydrogen-bond donors (Lipinski definition) is 2. The molecule has 0 spiro atoms. The number of carboxylic acids is 1. The summed E-state index contributed by atoms with van der Waals surface area (Å²) >= 11 is 3.22. The average molecular weight is 315 g/mol. The zero-order valence-corrected chi connectivity index (χ0v) is 13.5. The van der Waals surface area contributed by atoms with Gasteiger partial charge in [-0.1, -0.05) is 19.9 Å². The van der Waals surface area contributed by atoms with Crippen molar-refractivity contribution in [1.82, 2.24) is 5.32 Å². The van der Waals surface area contributed by atoms with Crippen LogP contribution in [0.2, 0.25) is 0 Å². The summed E-state index contributed by atoms with van der Waals surface area (Å²) in [6.07, 6.45) is 1.03. The van der Waals surface area contributed by atoms with Crippen molar-refractivity contribution < 1.29 is 14.7 Å². The van der Waals surface area contributed by atoms with Crippen LogP contribution in [0.3, 0.4) is 0 Å². The van der Waals surface area contributed by atoms with Crippen LogP contribution in [0.1, 0.15) is 31.6 Å². The minimum atomic E-state index is -0.839. The molecular weight excluding hydrogens is 294 g/mol. The first-order valence-electron chi connectivity index (χ1n) is 6.64. The summed E-state index contributed by atoms with van der Waals surface area (Å²) in [5.41, 5.74) is -0.839. The highest BCUT2D eigenvalue weighted by atomic mass is 32.2. The van der Waals surface area contributed by atoms with Crippen LogP contribution in [0.25, 0.3) is 0 Å². The Bertz CT molecular complexity index is 428. The van der Waals surface area contributed by atoms with Gasteiger partial charge in [0.25, 0.3) is 0 Å². The highest BCUT2D eigenvalue weighted by molar-refractivity contribution is 7.99. The molecule has 20 heavy (non-hydrogen) atoms. The first-order valence-corrected chi connectivity index (χ1v) is 8.67. The summed E-state index contributed by atoms with van der Waals surface area (Å²) < 4.78 is 0. The number of amides is 1. The number of rotatable bonds is 9. The van der Waals surface area contributed by atoms with Gasteiger partial charge in [-0.3, -0.25) is 9.59 Å². The molecule has 0 fully saturated rings. The van der Waals surface area contributed by atoms with Gasteiger partial charge in [0.15, 0.2) is 0 Å². The van der Waals surface area contributed by atoms with Crippen LogP contribution >= 0.6 is 23.1 Å². The van der Waals surface area contributed by atoms with E-state index < -0.39 is 11.4 Å². The summed E-state index contributed by atoms with van der Waals surface area (Å²) in [6.45, 7) is 3.89. The maximum Gasteiger partial charge on any atom is 0.311 e. The molecule has 6 heteroatoms. The van der Waals surface area contributed by atoms with E-state index >= 15 is 0 Å². The molecule has 0 atom stereocenters. The lowest BCUT2D eigenvalue weighted by molar-refractivity contribution is -0.149. The fraction of sp³-hybridized carbons (Fsp3) is 0.571. The number of thioether (sulfide) groups is 1. The predicted molar refractivity (Wildman–Crippen MR) is 84.1 cm³/mol. The van der Waals surface area contributed by atoms with E-state index in [0.717, 1.165) is 5.75 Å². The van der Waals surface area contributed by atoms with E-state index in [1.807, 2.05) is 31.4 Å². The van der Waals surface area contributed by atoms with Gasteiger partial charge < -0.3 is 10.4 Å². The third-order valence-electron chi connectivity index (χ3n) is 3.49. The minimum Gasteiger partial charge on any atom is -0.481 e. The molecule has 0 aromatic carbocycles. The molecule has 0 radical (unpaired) electrons. The summed E-state index contributed by atoms with van der Waals surface area (Å²) in [4.78, 5) is 24.3. The number of hydrogen-bond acceptors (Lipinski definition) is 4. The van der Waals surface area contributed by atoms with E-state index in [0.29, 0.717) is 18.6 Å². The Hall–Kier alpha value is -1.01. The molecule has 1 aromatic heterocycles. The van der Waals surface area contributed by atoms with Gasteiger partial charge in [0.05, 0.1) is 11.2 Å². The summed E-state index contributed by atoms with van der Waals surface area (Å²) in [5.74, 6) is 0.241. The topological polar surface area (TPSA) is 66.4 Å². The maximum atomic E-state index is 11.8. The molecule has 2 N–H and O–H groups in total. The van der Waals surface area contributed by atoms with Crippen molar-refractivity contribution in [2.75, 3.05) is 12.3 Å². The highest BCUT2D eigenvalue weighted by Crippen LogP contribution is 2.25. The Morgan fingerprint density at radius 3 is 2.60 bits per heavy atom. The van der Waals surface area contributed by atoms with E-state index in [1.54, 1.807) is 23.1 Å². The molecular formula is C14H21NO3S2. The second-order valence-electron chi connectivity index (χ2n) is 4.64. The van der Waals surface area contributed by atoms with Gasteiger partial charge in [-0.05, 0) is 24.3 Å². The second-order valence-corrected chi connectivity index (χ2v) is 6.66. The zero-order chi connectivity index (χ0) is 15.0. The molecule has 4 nitrogen and oxygen atoms in total. The fourth-order valence-corrected chi connectivity index (χ4v) is 3.53. The van der Waals surface area contributed by atoms with Crippen molar-refractivity contribution in [3.8, 4) is 0 Å². The molecule has 1 rings (SSSR count). The van der Waals surface area contributed by atoms with Crippen molar-refractivity contribution in [2.24, 2.45) is 5.41 Å². The maximum absolute atomic E-state index is 11.8. The quantitative estimate of drug-likeness (QED) is 0.735. The third kappa shape index (κ3) is 4.83. The Balaban J connectivity index is 2.33. The highest BCUT2D eigenvalue weighted by Gasteiger charge is 2.34. The van der Waals surface area contributed by atoms with Gasteiger partial charge in [-0.2, -0.15) is 0 Å². The summed E-state index contributed by atoms with van der Waals surface area (Å²) in [5, 5.41) is 14.0. The molecule has 1 aromatic rings. The van der Waals surface area contributed by atoms with Crippen molar-refractivity contribution >= 4 is 35.0 Å². The molecule has 0 aliphatic rings. The first kappa shape index (κ1) is 17.0. The fourth-order valence-electron chi connectivity index (χ4n) is 1.84. The number of carboxylic acid groups (broad SMARTS) is 1. The number of aliphatic carboxylic acids is 1. The zero-order valence-electron chi connectivity index (χ0n) is 11.8. The van der Waals surface area contributed by atoms with Gasteiger partial charge in [-0.15, -0.1) is 23.1 Å². The monoisotopic (exact) mass is 315 g/mol. The number of nitrogens with one attached hydrogen (secondary N) is 1. The Kier molecular flexibility index (Phi) is 7.09. The van der Waals surface area contributed by atoms with E-state index in [9.17, 15) is 14.7 Å². The Morgan fingerprint density at radius 1 is 1.40 bits per heavy atom. The van der Waals surface area contributed by atoms with Crippen LogP contribution in [0, 0.1) is 5.41 Å². The lowest BCUT2D eigenvalue weighted by atomic mass is 9.82. The largest absolute Gasteiger partial charge is 0.481 e. The minimum absolute atomic E-state index is 0.0981. The molecule has 1 amide bonds. The first-order chi connectivity index (χ1) is 9.54. The van der Waals surface area contributed by atoms with E-state index in [-0.39, 0.29) is 12.5 Å². The van der Waals surface area contributed by atoms with Gasteiger partial charge in [-0.25, -0.2) is 0 Å². The molecule has 1 heterocycles. The molecule has 0 bridgehead atoms. The number of thiophene rings is 1. The van der Waals surface area contributed by atoms with Crippen molar-refractivity contribution in [2.45, 2.75) is 32.4 Å². The molecule has 0 saturated carbocycles. The van der Waals surface area contributed by atoms with Crippen molar-refractivity contribution in [3.63, 3.8) is 0 Å². The molecule has 0 saturated heterocycles. The van der Waals surface area contributed by atoms with Crippen molar-refractivity contribution in [1.29, 1.82) is 0 Å². The lowest BCUT2D eigenvalue weighted by Gasteiger charge is -2.26. The van der Waals surface area contributed by atoms with Gasteiger partial charge >= 0.3 is 5.97 Å². The number of carbonyl (C=O) groups excluding carboxylic acids is 1. The van der Waals surface area contributed by atoms with Crippen LogP contribution in [0.4, 0.5) is 0 Å². The Morgan fingerprint density at radius 2 is 2.10 bits per heavy atom. The van der Waals surface area contributed by atoms with E-state index in [2.05, 4.69) is 5.32 Å². The van der Waals surface area contributed by atoms with Crippen LogP contribution in [0.15, 0.2) is 17.5 Å². The van der Waals surface area contributed by atoms with Crippen LogP contribution in [-0.4, -0.2) is 29.3 Å². The standard InChI is InChI=1S/C14H21NO3S2/c1-3-14(4-2,13(17)18)10-15-12(16)9-19-8-11-6-5-7-20-11/h5-7H,3-4,8-10H2,1-2H3,(H,15,16)(H,17,18). The Labute approximate surface area is 128 Å². The molecule has 0 unspecified atom stereocenters. The third-order valence-corrected chi connectivity index (χ3v) is 5.53.